The van der Waals surface area contributed by atoms with Crippen LogP contribution in [-0.4, -0.2) is 12.0 Å². The number of hydrogen-bond acceptors (Lipinski definition) is 4. The van der Waals surface area contributed by atoms with Crippen LogP contribution < -0.4 is 4.74 Å². The van der Waals surface area contributed by atoms with Crippen molar-refractivity contribution in [3.63, 3.8) is 0 Å². The van der Waals surface area contributed by atoms with Gasteiger partial charge in [0.1, 0.15) is 5.75 Å². The predicted molar refractivity (Wildman–Crippen MR) is 79.6 cm³/mol. The number of methoxy groups -OCH3 is 1. The normalized spacial score (nSPS) is 10.8. The highest BCUT2D eigenvalue weighted by Crippen LogP contribution is 2.22. The molecule has 2 aromatic carbocycles. The van der Waals surface area contributed by atoms with Crippen molar-refractivity contribution in [1.29, 1.82) is 5.26 Å². The molecule has 5 heteroatoms. The van der Waals surface area contributed by atoms with Gasteiger partial charge in [0.25, 0.3) is 5.69 Å². The summed E-state index contributed by atoms with van der Waals surface area (Å²) in [6, 6.07) is 15.3. The third kappa shape index (κ3) is 3.45. The summed E-state index contributed by atoms with van der Waals surface area (Å²) in [4.78, 5) is 10.3. The molecule has 0 aliphatic rings. The van der Waals surface area contributed by atoms with Gasteiger partial charge in [0, 0.05) is 12.1 Å². The number of nitrogens with zero attached hydrogens (tertiary/aromatic N) is 2. The predicted octanol–water partition coefficient (Wildman–Crippen LogP) is 3.67. The minimum atomic E-state index is -0.462. The van der Waals surface area contributed by atoms with E-state index in [1.165, 1.54) is 12.1 Å². The molecule has 0 N–H and O–H groups in total. The zero-order valence-corrected chi connectivity index (χ0v) is 11.3. The van der Waals surface area contributed by atoms with Crippen LogP contribution in [0.1, 0.15) is 11.1 Å². The third-order valence-corrected chi connectivity index (χ3v) is 2.91. The first-order valence-electron chi connectivity index (χ1n) is 6.14. The summed E-state index contributed by atoms with van der Waals surface area (Å²) >= 11 is 0. The number of nitriles is 1. The fourth-order valence-corrected chi connectivity index (χ4v) is 1.85. The Morgan fingerprint density at radius 1 is 1.29 bits per heavy atom. The van der Waals surface area contributed by atoms with Gasteiger partial charge < -0.3 is 4.74 Å². The molecule has 104 valence electrons. The zero-order chi connectivity index (χ0) is 15.2. The van der Waals surface area contributed by atoms with E-state index in [2.05, 4.69) is 6.07 Å². The van der Waals surface area contributed by atoms with Crippen LogP contribution in [0.2, 0.25) is 0 Å². The molecule has 0 aliphatic carbocycles. The van der Waals surface area contributed by atoms with E-state index in [-0.39, 0.29) is 5.69 Å². The second-order valence-electron chi connectivity index (χ2n) is 4.25. The molecule has 0 aromatic heterocycles. The average Bonchev–Trinajstić information content (AvgIpc) is 2.53. The Kier molecular flexibility index (Phi) is 4.32. The number of non-ortho nitro benzene ring substituents is 1. The third-order valence-electron chi connectivity index (χ3n) is 2.91. The van der Waals surface area contributed by atoms with Crippen molar-refractivity contribution in [1.82, 2.24) is 0 Å². The highest BCUT2D eigenvalue weighted by Gasteiger charge is 2.06. The summed E-state index contributed by atoms with van der Waals surface area (Å²) in [5, 5.41) is 20.0. The number of nitro groups is 1. The maximum Gasteiger partial charge on any atom is 0.270 e. The first-order chi connectivity index (χ1) is 10.1. The molecule has 0 amide bonds. The molecular weight excluding hydrogens is 268 g/mol. The number of nitro benzene ring substituents is 1. The van der Waals surface area contributed by atoms with Gasteiger partial charge in [-0.1, -0.05) is 12.1 Å². The molecule has 21 heavy (non-hydrogen) atoms. The Morgan fingerprint density at radius 2 is 2.00 bits per heavy atom. The summed E-state index contributed by atoms with van der Waals surface area (Å²) in [5.74, 6) is 0.700. The van der Waals surface area contributed by atoms with E-state index >= 15 is 0 Å². The Hall–Kier alpha value is -3.13. The number of rotatable bonds is 4. The Balaban J connectivity index is 2.38. The van der Waals surface area contributed by atoms with Crippen LogP contribution in [0.5, 0.6) is 5.75 Å². The molecule has 5 nitrogen and oxygen atoms in total. The fraction of sp³-hybridized carbons (Fsp3) is 0.0625. The first kappa shape index (κ1) is 14.3. The molecule has 0 fully saturated rings. The SMILES string of the molecule is COc1ccc(/C(C#N)=C/c2cccc([N+](=O)[O-])c2)cc1. The fourth-order valence-electron chi connectivity index (χ4n) is 1.85. The highest BCUT2D eigenvalue weighted by atomic mass is 16.6. The van der Waals surface area contributed by atoms with Crippen LogP contribution in [-0.2, 0) is 0 Å². The molecule has 0 atom stereocenters. The van der Waals surface area contributed by atoms with Gasteiger partial charge in [-0.25, -0.2) is 0 Å². The van der Waals surface area contributed by atoms with E-state index in [4.69, 9.17) is 4.74 Å². The van der Waals surface area contributed by atoms with Gasteiger partial charge in [-0.3, -0.25) is 10.1 Å². The minimum Gasteiger partial charge on any atom is -0.497 e. The Morgan fingerprint density at radius 3 is 2.57 bits per heavy atom. The summed E-state index contributed by atoms with van der Waals surface area (Å²) in [5.41, 5.74) is 1.76. The maximum atomic E-state index is 10.8. The highest BCUT2D eigenvalue weighted by molar-refractivity contribution is 5.89. The van der Waals surface area contributed by atoms with Gasteiger partial charge in [0.15, 0.2) is 0 Å². The van der Waals surface area contributed by atoms with Crippen molar-refractivity contribution in [3.8, 4) is 11.8 Å². The van der Waals surface area contributed by atoms with E-state index in [0.717, 1.165) is 5.56 Å². The van der Waals surface area contributed by atoms with Crippen molar-refractivity contribution in [2.45, 2.75) is 0 Å². The van der Waals surface area contributed by atoms with Crippen LogP contribution in [0, 0.1) is 21.4 Å². The summed E-state index contributed by atoms with van der Waals surface area (Å²) in [6.07, 6.45) is 1.62. The van der Waals surface area contributed by atoms with E-state index < -0.39 is 4.92 Å². The molecule has 2 rings (SSSR count). The minimum absolute atomic E-state index is 0.00392. The van der Waals surface area contributed by atoms with Crippen LogP contribution in [0.4, 0.5) is 5.69 Å². The van der Waals surface area contributed by atoms with Gasteiger partial charge in [-0.2, -0.15) is 5.26 Å². The quantitative estimate of drug-likeness (QED) is 0.370. The standard InChI is InChI=1S/C16H12N2O3/c1-21-16-7-5-13(6-8-16)14(11-17)9-12-3-2-4-15(10-12)18(19)20/h2-10H,1H3/b14-9+. The summed E-state index contributed by atoms with van der Waals surface area (Å²) in [6.45, 7) is 0. The lowest BCUT2D eigenvalue weighted by atomic mass is 10.0. The van der Waals surface area contributed by atoms with Crippen LogP contribution in [0.25, 0.3) is 11.6 Å². The molecule has 0 radical (unpaired) electrons. The lowest BCUT2D eigenvalue weighted by Crippen LogP contribution is -1.88. The molecule has 0 spiro atoms. The topological polar surface area (TPSA) is 76.2 Å². The lowest BCUT2D eigenvalue weighted by molar-refractivity contribution is -0.384. The summed E-state index contributed by atoms with van der Waals surface area (Å²) in [7, 11) is 1.57. The van der Waals surface area contributed by atoms with Crippen molar-refractivity contribution in [2.75, 3.05) is 7.11 Å². The molecule has 0 saturated heterocycles. The smallest absolute Gasteiger partial charge is 0.270 e. The monoisotopic (exact) mass is 280 g/mol. The van der Waals surface area contributed by atoms with Gasteiger partial charge in [0.05, 0.1) is 23.7 Å². The van der Waals surface area contributed by atoms with Gasteiger partial charge in [-0.05, 0) is 41.5 Å². The van der Waals surface area contributed by atoms with Crippen molar-refractivity contribution < 1.29 is 9.66 Å². The zero-order valence-electron chi connectivity index (χ0n) is 11.3. The van der Waals surface area contributed by atoms with Crippen molar-refractivity contribution >= 4 is 17.3 Å². The number of benzene rings is 2. The Bertz CT molecular complexity index is 728. The van der Waals surface area contributed by atoms with Crippen LogP contribution >= 0.6 is 0 Å². The number of allylic oxidation sites excluding steroid dienone is 1. The molecular formula is C16H12N2O3. The molecule has 0 saturated carbocycles. The lowest BCUT2D eigenvalue weighted by Gasteiger charge is -2.02. The van der Waals surface area contributed by atoms with Gasteiger partial charge >= 0.3 is 0 Å². The first-order valence-corrected chi connectivity index (χ1v) is 6.14. The average molecular weight is 280 g/mol. The molecule has 0 bridgehead atoms. The van der Waals surface area contributed by atoms with Gasteiger partial charge in [-0.15, -0.1) is 0 Å². The van der Waals surface area contributed by atoms with Crippen molar-refractivity contribution in [2.24, 2.45) is 0 Å². The van der Waals surface area contributed by atoms with E-state index in [1.807, 2.05) is 0 Å². The molecule has 2 aromatic rings. The van der Waals surface area contributed by atoms with E-state index in [9.17, 15) is 15.4 Å². The van der Waals surface area contributed by atoms with E-state index in [0.29, 0.717) is 16.9 Å². The molecule has 0 heterocycles. The number of ether oxygens (including phenoxy) is 1. The largest absolute Gasteiger partial charge is 0.497 e. The van der Waals surface area contributed by atoms with Crippen LogP contribution in [0.3, 0.4) is 0 Å². The summed E-state index contributed by atoms with van der Waals surface area (Å²) < 4.78 is 5.07. The number of hydrogen-bond donors (Lipinski definition) is 0. The Labute approximate surface area is 121 Å². The molecule has 0 unspecified atom stereocenters. The second kappa shape index (κ2) is 6.35. The molecule has 0 aliphatic heterocycles. The maximum absolute atomic E-state index is 10.8. The van der Waals surface area contributed by atoms with Crippen LogP contribution in [0.15, 0.2) is 48.5 Å². The van der Waals surface area contributed by atoms with E-state index in [1.54, 1.807) is 49.6 Å². The van der Waals surface area contributed by atoms with Gasteiger partial charge in [0.2, 0.25) is 0 Å². The van der Waals surface area contributed by atoms with Crippen molar-refractivity contribution in [3.05, 3.63) is 69.8 Å². The second-order valence-corrected chi connectivity index (χ2v) is 4.25.